The Bertz CT molecular complexity index is 949. The summed E-state index contributed by atoms with van der Waals surface area (Å²) in [5.41, 5.74) is 3.06. The van der Waals surface area contributed by atoms with E-state index in [0.29, 0.717) is 11.6 Å². The first kappa shape index (κ1) is 15.9. The summed E-state index contributed by atoms with van der Waals surface area (Å²) in [6.07, 6.45) is 3.49. The molecule has 0 aliphatic heterocycles. The average Bonchev–Trinajstić information content (AvgIpc) is 2.99. The van der Waals surface area contributed by atoms with Crippen molar-refractivity contribution >= 4 is 36.2 Å². The molecule has 0 radical (unpaired) electrons. The van der Waals surface area contributed by atoms with Gasteiger partial charge in [0.1, 0.15) is 5.52 Å². The lowest BCUT2D eigenvalue weighted by molar-refractivity contribution is -0.116. The third-order valence-corrected chi connectivity index (χ3v) is 3.71. The molecular formula is C16H17BN6O. The van der Waals surface area contributed by atoms with E-state index in [4.69, 9.17) is 0 Å². The number of carbonyl (C=O) groups excluding carboxylic acids is 1. The van der Waals surface area contributed by atoms with Crippen LogP contribution in [0.4, 0.5) is 5.82 Å². The SMILES string of the molecule is Bc1cnc(N(C(C)=O)/C(C)=C\C)c(-n2nnc3ccccc32)n1. The molecular weight excluding hydrogens is 303 g/mol. The number of carbonyl (C=O) groups is 1. The quantitative estimate of drug-likeness (QED) is 0.666. The summed E-state index contributed by atoms with van der Waals surface area (Å²) in [4.78, 5) is 22.7. The number of allylic oxidation sites excluding steroid dienone is 2. The number of fused-ring (bicyclic) bond motifs is 1. The first-order valence-corrected chi connectivity index (χ1v) is 7.61. The molecule has 0 unspecified atom stereocenters. The minimum atomic E-state index is -0.144. The second-order valence-electron chi connectivity index (χ2n) is 5.43. The Hall–Kier alpha value is -3.03. The van der Waals surface area contributed by atoms with Crippen molar-refractivity contribution in [2.24, 2.45) is 0 Å². The van der Waals surface area contributed by atoms with Crippen molar-refractivity contribution in [3.05, 3.63) is 42.2 Å². The van der Waals surface area contributed by atoms with Crippen LogP contribution < -0.4 is 10.5 Å². The predicted molar refractivity (Wildman–Crippen MR) is 95.2 cm³/mol. The smallest absolute Gasteiger partial charge is 0.229 e. The van der Waals surface area contributed by atoms with E-state index in [1.807, 2.05) is 52.0 Å². The van der Waals surface area contributed by atoms with E-state index in [2.05, 4.69) is 20.3 Å². The van der Waals surface area contributed by atoms with Crippen LogP contribution in [0, 0.1) is 0 Å². The number of amides is 1. The van der Waals surface area contributed by atoms with Gasteiger partial charge in [0.15, 0.2) is 19.5 Å². The fourth-order valence-corrected chi connectivity index (χ4v) is 2.48. The molecule has 0 fully saturated rings. The van der Waals surface area contributed by atoms with Gasteiger partial charge in [-0.25, -0.2) is 9.97 Å². The summed E-state index contributed by atoms with van der Waals surface area (Å²) in [6.45, 7) is 5.22. The van der Waals surface area contributed by atoms with Crippen molar-refractivity contribution in [3.8, 4) is 5.82 Å². The van der Waals surface area contributed by atoms with Crippen molar-refractivity contribution in [3.63, 3.8) is 0 Å². The van der Waals surface area contributed by atoms with Crippen molar-refractivity contribution in [1.29, 1.82) is 0 Å². The minimum Gasteiger partial charge on any atom is -0.274 e. The molecule has 2 heterocycles. The van der Waals surface area contributed by atoms with Crippen molar-refractivity contribution in [2.45, 2.75) is 20.8 Å². The van der Waals surface area contributed by atoms with Crippen LogP contribution in [-0.4, -0.2) is 38.7 Å². The predicted octanol–water partition coefficient (Wildman–Crippen LogP) is 0.745. The molecule has 0 saturated heterocycles. The van der Waals surface area contributed by atoms with Crippen LogP contribution in [0.1, 0.15) is 20.8 Å². The Morgan fingerprint density at radius 2 is 2.04 bits per heavy atom. The van der Waals surface area contributed by atoms with Gasteiger partial charge in [-0.3, -0.25) is 9.69 Å². The molecule has 8 heteroatoms. The molecule has 0 N–H and O–H groups in total. The van der Waals surface area contributed by atoms with Crippen molar-refractivity contribution < 1.29 is 4.79 Å². The van der Waals surface area contributed by atoms with Crippen LogP contribution in [-0.2, 0) is 4.79 Å². The number of para-hydroxylation sites is 1. The van der Waals surface area contributed by atoms with Gasteiger partial charge in [0.05, 0.1) is 5.52 Å². The number of anilines is 1. The van der Waals surface area contributed by atoms with Gasteiger partial charge < -0.3 is 0 Å². The van der Waals surface area contributed by atoms with Crippen molar-refractivity contribution in [2.75, 3.05) is 4.90 Å². The van der Waals surface area contributed by atoms with Crippen molar-refractivity contribution in [1.82, 2.24) is 25.0 Å². The van der Waals surface area contributed by atoms with Gasteiger partial charge in [-0.15, -0.1) is 5.10 Å². The number of hydrogen-bond donors (Lipinski definition) is 0. The summed E-state index contributed by atoms with van der Waals surface area (Å²) in [6, 6.07) is 7.59. The first-order valence-electron chi connectivity index (χ1n) is 7.61. The summed E-state index contributed by atoms with van der Waals surface area (Å²) in [7, 11) is 1.85. The van der Waals surface area contributed by atoms with E-state index in [0.717, 1.165) is 22.3 Å². The van der Waals surface area contributed by atoms with E-state index >= 15 is 0 Å². The lowest BCUT2D eigenvalue weighted by Crippen LogP contribution is -2.30. The Balaban J connectivity index is 2.28. The summed E-state index contributed by atoms with van der Waals surface area (Å²) in [5, 5.41) is 8.36. The molecule has 0 aliphatic rings. The molecule has 0 saturated carbocycles. The molecule has 120 valence electrons. The van der Waals surface area contributed by atoms with E-state index in [1.54, 1.807) is 10.9 Å². The number of hydrogen-bond acceptors (Lipinski definition) is 5. The highest BCUT2D eigenvalue weighted by atomic mass is 16.2. The summed E-state index contributed by atoms with van der Waals surface area (Å²) >= 11 is 0. The minimum absolute atomic E-state index is 0.144. The Kier molecular flexibility index (Phi) is 4.12. The summed E-state index contributed by atoms with van der Waals surface area (Å²) in [5.74, 6) is 0.758. The van der Waals surface area contributed by atoms with Crippen LogP contribution in [0.25, 0.3) is 16.9 Å². The van der Waals surface area contributed by atoms with E-state index in [9.17, 15) is 4.79 Å². The molecule has 3 aromatic rings. The fourth-order valence-electron chi connectivity index (χ4n) is 2.48. The molecule has 7 nitrogen and oxygen atoms in total. The molecule has 3 rings (SSSR count). The Morgan fingerprint density at radius 3 is 2.75 bits per heavy atom. The van der Waals surface area contributed by atoms with Crippen LogP contribution in [0.15, 0.2) is 42.2 Å². The van der Waals surface area contributed by atoms with Gasteiger partial charge in [0.2, 0.25) is 5.91 Å². The highest BCUT2D eigenvalue weighted by molar-refractivity contribution is 6.30. The molecule has 0 atom stereocenters. The largest absolute Gasteiger partial charge is 0.274 e. The number of rotatable bonds is 3. The second kappa shape index (κ2) is 6.23. The van der Waals surface area contributed by atoms with Crippen LogP contribution in [0.3, 0.4) is 0 Å². The van der Waals surface area contributed by atoms with E-state index in [1.165, 1.54) is 11.8 Å². The van der Waals surface area contributed by atoms with Gasteiger partial charge >= 0.3 is 0 Å². The topological polar surface area (TPSA) is 76.8 Å². The lowest BCUT2D eigenvalue weighted by Gasteiger charge is -2.22. The maximum absolute atomic E-state index is 12.2. The van der Waals surface area contributed by atoms with Crippen LogP contribution >= 0.6 is 0 Å². The van der Waals surface area contributed by atoms with Gasteiger partial charge in [-0.2, -0.15) is 4.68 Å². The maximum Gasteiger partial charge on any atom is 0.229 e. The van der Waals surface area contributed by atoms with E-state index in [-0.39, 0.29) is 5.91 Å². The highest BCUT2D eigenvalue weighted by Gasteiger charge is 2.22. The van der Waals surface area contributed by atoms with Gasteiger partial charge in [-0.05, 0) is 26.0 Å². The third-order valence-electron chi connectivity index (χ3n) is 3.71. The molecule has 24 heavy (non-hydrogen) atoms. The van der Waals surface area contributed by atoms with Gasteiger partial charge in [0.25, 0.3) is 0 Å². The second-order valence-corrected chi connectivity index (χ2v) is 5.43. The Labute approximate surface area is 140 Å². The van der Waals surface area contributed by atoms with Gasteiger partial charge in [0, 0.05) is 24.4 Å². The van der Waals surface area contributed by atoms with E-state index < -0.39 is 0 Å². The molecule has 0 bridgehead atoms. The van der Waals surface area contributed by atoms with Gasteiger partial charge in [-0.1, -0.05) is 23.4 Å². The third kappa shape index (κ3) is 2.66. The molecule has 0 aliphatic carbocycles. The lowest BCUT2D eigenvalue weighted by atomic mass is 10.1. The average molecular weight is 320 g/mol. The number of benzene rings is 1. The summed E-state index contributed by atoms with van der Waals surface area (Å²) < 4.78 is 1.61. The standard InChI is InChI=1S/C16H17BN6O/c1-4-10(2)22(11(3)24)15-16(19-14(17)9-18-15)23-13-8-6-5-7-12(13)20-21-23/h4-9H,17H2,1-3H3/b10-4-. The highest BCUT2D eigenvalue weighted by Crippen LogP contribution is 2.24. The van der Waals surface area contributed by atoms with Crippen LogP contribution in [0.2, 0.25) is 0 Å². The monoisotopic (exact) mass is 320 g/mol. The zero-order valence-corrected chi connectivity index (χ0v) is 14.1. The molecule has 1 amide bonds. The Morgan fingerprint density at radius 1 is 1.29 bits per heavy atom. The molecule has 1 aromatic carbocycles. The first-order chi connectivity index (χ1) is 11.5. The normalized spacial score (nSPS) is 11.7. The number of aromatic nitrogens is 5. The molecule has 2 aromatic heterocycles. The zero-order chi connectivity index (χ0) is 17.3. The number of nitrogens with zero attached hydrogens (tertiary/aromatic N) is 6. The zero-order valence-electron chi connectivity index (χ0n) is 14.1. The molecule has 0 spiro atoms. The van der Waals surface area contributed by atoms with Crippen LogP contribution in [0.5, 0.6) is 0 Å². The maximum atomic E-state index is 12.2. The fraction of sp³-hybridized carbons (Fsp3) is 0.188.